The molecule has 1 saturated heterocycles. The van der Waals surface area contributed by atoms with Gasteiger partial charge in [0.1, 0.15) is 11.4 Å². The molecule has 1 aliphatic rings. The number of rotatable bonds is 3. The monoisotopic (exact) mass is 285 g/mol. The normalized spacial score (nSPS) is 24.4. The summed E-state index contributed by atoms with van der Waals surface area (Å²) in [6, 6.07) is 4.23. The highest BCUT2D eigenvalue weighted by Gasteiger charge is 2.41. The van der Waals surface area contributed by atoms with Crippen LogP contribution in [0, 0.1) is 5.82 Å². The summed E-state index contributed by atoms with van der Waals surface area (Å²) in [5, 5.41) is 9.77. The lowest BCUT2D eigenvalue weighted by Crippen LogP contribution is -2.54. The van der Waals surface area contributed by atoms with Gasteiger partial charge in [0.2, 0.25) is 0 Å². The molecule has 1 aromatic carbocycles. The molecule has 0 spiro atoms. The molecular formula is C14H17ClFNO2. The van der Waals surface area contributed by atoms with Gasteiger partial charge in [-0.15, -0.1) is 0 Å². The lowest BCUT2D eigenvalue weighted by Gasteiger charge is -2.41. The van der Waals surface area contributed by atoms with Crippen molar-refractivity contribution in [2.45, 2.75) is 38.3 Å². The number of hydrogen-bond donors (Lipinski definition) is 1. The van der Waals surface area contributed by atoms with Crippen LogP contribution in [0.15, 0.2) is 18.2 Å². The van der Waals surface area contributed by atoms with Gasteiger partial charge >= 0.3 is 5.97 Å². The van der Waals surface area contributed by atoms with E-state index in [9.17, 15) is 14.3 Å². The molecule has 0 aromatic heterocycles. The van der Waals surface area contributed by atoms with E-state index in [0.29, 0.717) is 18.0 Å². The first-order valence-corrected chi connectivity index (χ1v) is 6.73. The van der Waals surface area contributed by atoms with Crippen LogP contribution in [0.5, 0.6) is 0 Å². The third kappa shape index (κ3) is 2.90. The third-order valence-corrected chi connectivity index (χ3v) is 4.23. The van der Waals surface area contributed by atoms with Gasteiger partial charge in [-0.3, -0.25) is 9.69 Å². The number of carboxylic acids is 1. The molecule has 5 heteroatoms. The third-order valence-electron chi connectivity index (χ3n) is 3.88. The molecule has 1 N–H and O–H groups in total. The van der Waals surface area contributed by atoms with Gasteiger partial charge < -0.3 is 5.11 Å². The van der Waals surface area contributed by atoms with E-state index in [2.05, 4.69) is 0 Å². The van der Waals surface area contributed by atoms with Crippen LogP contribution in [0.25, 0.3) is 0 Å². The summed E-state index contributed by atoms with van der Waals surface area (Å²) in [5.41, 5.74) is -0.104. The van der Waals surface area contributed by atoms with Crippen LogP contribution in [0.1, 0.15) is 31.7 Å². The summed E-state index contributed by atoms with van der Waals surface area (Å²) >= 11 is 6.01. The second kappa shape index (κ2) is 5.47. The number of nitrogens with zero attached hydrogens (tertiary/aromatic N) is 1. The number of piperidine rings is 1. The zero-order valence-electron chi connectivity index (χ0n) is 10.8. The van der Waals surface area contributed by atoms with Gasteiger partial charge in [0, 0.05) is 11.6 Å². The van der Waals surface area contributed by atoms with Crippen molar-refractivity contribution in [1.29, 1.82) is 0 Å². The van der Waals surface area contributed by atoms with Crippen LogP contribution in [0.3, 0.4) is 0 Å². The van der Waals surface area contributed by atoms with Gasteiger partial charge in [-0.25, -0.2) is 4.39 Å². The van der Waals surface area contributed by atoms with Crippen molar-refractivity contribution in [3.05, 3.63) is 34.6 Å². The second-order valence-corrected chi connectivity index (χ2v) is 5.60. The molecule has 0 amide bonds. The molecule has 2 rings (SSSR count). The van der Waals surface area contributed by atoms with Crippen molar-refractivity contribution in [2.24, 2.45) is 0 Å². The number of carbonyl (C=O) groups is 1. The number of likely N-dealkylation sites (tertiary alicyclic amines) is 1. The minimum Gasteiger partial charge on any atom is -0.480 e. The van der Waals surface area contributed by atoms with E-state index in [0.717, 1.165) is 24.9 Å². The molecule has 1 heterocycles. The van der Waals surface area contributed by atoms with Gasteiger partial charge in [0.25, 0.3) is 0 Å². The zero-order valence-corrected chi connectivity index (χ0v) is 11.6. The van der Waals surface area contributed by atoms with Crippen LogP contribution >= 0.6 is 11.6 Å². The maximum Gasteiger partial charge on any atom is 0.323 e. The standard InChI is InChI=1S/C14H17ClFNO2/c1-14(13(18)19)6-2-3-7-17(14)9-10-4-5-11(16)8-12(10)15/h4-5,8H,2-3,6-7,9H2,1H3,(H,18,19). The molecule has 0 bridgehead atoms. The molecule has 1 aliphatic heterocycles. The van der Waals surface area contributed by atoms with E-state index in [-0.39, 0.29) is 5.82 Å². The molecule has 104 valence electrons. The molecule has 0 saturated carbocycles. The molecule has 1 atom stereocenters. The highest BCUT2D eigenvalue weighted by Crippen LogP contribution is 2.31. The van der Waals surface area contributed by atoms with Crippen molar-refractivity contribution in [3.8, 4) is 0 Å². The van der Waals surface area contributed by atoms with Crippen LogP contribution in [-0.4, -0.2) is 28.1 Å². The first-order chi connectivity index (χ1) is 8.93. The van der Waals surface area contributed by atoms with Gasteiger partial charge in [0.15, 0.2) is 0 Å². The smallest absolute Gasteiger partial charge is 0.323 e. The van der Waals surface area contributed by atoms with E-state index in [1.54, 1.807) is 13.0 Å². The molecule has 1 unspecified atom stereocenters. The Kier molecular flexibility index (Phi) is 4.11. The fourth-order valence-corrected chi connectivity index (χ4v) is 2.76. The van der Waals surface area contributed by atoms with Crippen molar-refractivity contribution < 1.29 is 14.3 Å². The summed E-state index contributed by atoms with van der Waals surface area (Å²) in [4.78, 5) is 13.4. The number of aliphatic carboxylic acids is 1. The first kappa shape index (κ1) is 14.3. The number of halogens is 2. The Hall–Kier alpha value is -1.13. The average molecular weight is 286 g/mol. The summed E-state index contributed by atoms with van der Waals surface area (Å²) in [7, 11) is 0. The zero-order chi connectivity index (χ0) is 14.0. The Morgan fingerprint density at radius 2 is 2.26 bits per heavy atom. The van der Waals surface area contributed by atoms with Gasteiger partial charge in [-0.1, -0.05) is 17.7 Å². The number of carboxylic acid groups (broad SMARTS) is 1. The van der Waals surface area contributed by atoms with E-state index in [1.165, 1.54) is 12.1 Å². The Morgan fingerprint density at radius 3 is 2.89 bits per heavy atom. The Bertz CT molecular complexity index is 494. The minimum atomic E-state index is -0.865. The largest absolute Gasteiger partial charge is 0.480 e. The van der Waals surface area contributed by atoms with Crippen LogP contribution in [0.2, 0.25) is 5.02 Å². The molecule has 0 aliphatic carbocycles. The predicted molar refractivity (Wildman–Crippen MR) is 71.7 cm³/mol. The Labute approximate surface area is 117 Å². The molecule has 1 aromatic rings. The lowest BCUT2D eigenvalue weighted by atomic mass is 9.88. The summed E-state index contributed by atoms with van der Waals surface area (Å²) in [6.45, 7) is 2.89. The van der Waals surface area contributed by atoms with Crippen molar-refractivity contribution >= 4 is 17.6 Å². The fourth-order valence-electron chi connectivity index (χ4n) is 2.53. The predicted octanol–water partition coefficient (Wildman–Crippen LogP) is 3.31. The van der Waals surface area contributed by atoms with Crippen molar-refractivity contribution in [3.63, 3.8) is 0 Å². The minimum absolute atomic E-state index is 0.346. The van der Waals surface area contributed by atoms with Crippen LogP contribution in [0.4, 0.5) is 4.39 Å². The Morgan fingerprint density at radius 1 is 1.53 bits per heavy atom. The van der Waals surface area contributed by atoms with Crippen LogP contribution < -0.4 is 0 Å². The van der Waals surface area contributed by atoms with Crippen LogP contribution in [-0.2, 0) is 11.3 Å². The molecule has 0 radical (unpaired) electrons. The van der Waals surface area contributed by atoms with E-state index >= 15 is 0 Å². The fraction of sp³-hybridized carbons (Fsp3) is 0.500. The van der Waals surface area contributed by atoms with Crippen molar-refractivity contribution in [2.75, 3.05) is 6.54 Å². The van der Waals surface area contributed by atoms with Gasteiger partial charge in [0.05, 0.1) is 0 Å². The second-order valence-electron chi connectivity index (χ2n) is 5.19. The average Bonchev–Trinajstić information content (AvgIpc) is 2.35. The summed E-state index contributed by atoms with van der Waals surface area (Å²) < 4.78 is 13.0. The van der Waals surface area contributed by atoms with Gasteiger partial charge in [-0.2, -0.15) is 0 Å². The molecule has 1 fully saturated rings. The molecular weight excluding hydrogens is 269 g/mol. The maximum absolute atomic E-state index is 13.0. The quantitative estimate of drug-likeness (QED) is 0.926. The first-order valence-electron chi connectivity index (χ1n) is 6.36. The maximum atomic E-state index is 13.0. The van der Waals surface area contributed by atoms with E-state index < -0.39 is 11.5 Å². The van der Waals surface area contributed by atoms with Crippen molar-refractivity contribution in [1.82, 2.24) is 4.90 Å². The SMILES string of the molecule is CC1(C(=O)O)CCCCN1Cc1ccc(F)cc1Cl. The molecule has 19 heavy (non-hydrogen) atoms. The topological polar surface area (TPSA) is 40.5 Å². The highest BCUT2D eigenvalue weighted by molar-refractivity contribution is 6.31. The summed E-state index contributed by atoms with van der Waals surface area (Å²) in [5.74, 6) is -1.20. The summed E-state index contributed by atoms with van der Waals surface area (Å²) in [6.07, 6.45) is 2.51. The number of benzene rings is 1. The molecule has 3 nitrogen and oxygen atoms in total. The highest BCUT2D eigenvalue weighted by atomic mass is 35.5. The van der Waals surface area contributed by atoms with Gasteiger partial charge in [-0.05, 0) is 50.4 Å². The lowest BCUT2D eigenvalue weighted by molar-refractivity contribution is -0.153. The van der Waals surface area contributed by atoms with E-state index in [1.807, 2.05) is 4.90 Å². The number of hydrogen-bond acceptors (Lipinski definition) is 2. The van der Waals surface area contributed by atoms with E-state index in [4.69, 9.17) is 11.6 Å². The Balaban J connectivity index is 2.22.